The molecular formula is C14H8BrFN2O2. The highest BCUT2D eigenvalue weighted by molar-refractivity contribution is 9.10. The summed E-state index contributed by atoms with van der Waals surface area (Å²) < 4.78 is 13.8. The van der Waals surface area contributed by atoms with Crippen LogP contribution in [0.2, 0.25) is 0 Å². The zero-order valence-electron chi connectivity index (χ0n) is 10.0. The van der Waals surface area contributed by atoms with Crippen LogP contribution in [0, 0.1) is 5.82 Å². The molecule has 1 heterocycles. The summed E-state index contributed by atoms with van der Waals surface area (Å²) in [5.41, 5.74) is 1.98. The number of carbonyl (C=O) groups is 1. The lowest BCUT2D eigenvalue weighted by Crippen LogP contribution is -1.95. The van der Waals surface area contributed by atoms with Crippen molar-refractivity contribution in [3.05, 3.63) is 52.3 Å². The van der Waals surface area contributed by atoms with Gasteiger partial charge in [-0.3, -0.25) is 0 Å². The maximum absolute atomic E-state index is 13.5. The van der Waals surface area contributed by atoms with Crippen molar-refractivity contribution in [2.75, 3.05) is 0 Å². The Balaban J connectivity index is 2.15. The second-order valence-electron chi connectivity index (χ2n) is 4.25. The van der Waals surface area contributed by atoms with E-state index in [4.69, 9.17) is 5.11 Å². The van der Waals surface area contributed by atoms with Crippen LogP contribution in [0.15, 0.2) is 40.9 Å². The quantitative estimate of drug-likeness (QED) is 0.748. The molecule has 0 saturated carbocycles. The van der Waals surface area contributed by atoms with Gasteiger partial charge in [-0.05, 0) is 34.1 Å². The lowest BCUT2D eigenvalue weighted by atomic mass is 10.1. The van der Waals surface area contributed by atoms with Gasteiger partial charge in [-0.25, -0.2) is 14.2 Å². The first-order valence-electron chi connectivity index (χ1n) is 5.73. The number of hydrogen-bond acceptors (Lipinski definition) is 2. The topological polar surface area (TPSA) is 66.0 Å². The number of imidazole rings is 1. The molecule has 0 bridgehead atoms. The lowest BCUT2D eigenvalue weighted by molar-refractivity contribution is 0.0697. The van der Waals surface area contributed by atoms with E-state index >= 15 is 0 Å². The van der Waals surface area contributed by atoms with Gasteiger partial charge in [0.25, 0.3) is 0 Å². The van der Waals surface area contributed by atoms with E-state index in [2.05, 4.69) is 25.9 Å². The summed E-state index contributed by atoms with van der Waals surface area (Å²) in [6.07, 6.45) is 0. The third-order valence-corrected chi connectivity index (χ3v) is 3.51. The molecule has 1 aromatic heterocycles. The minimum atomic E-state index is -1.00. The fraction of sp³-hybridized carbons (Fsp3) is 0. The number of nitrogens with one attached hydrogen (secondary N) is 1. The van der Waals surface area contributed by atoms with Crippen molar-refractivity contribution in [2.24, 2.45) is 0 Å². The van der Waals surface area contributed by atoms with Crippen LogP contribution in [0.1, 0.15) is 10.4 Å². The van der Waals surface area contributed by atoms with Crippen molar-refractivity contribution >= 4 is 32.9 Å². The van der Waals surface area contributed by atoms with Gasteiger partial charge in [-0.15, -0.1) is 0 Å². The van der Waals surface area contributed by atoms with Crippen LogP contribution in [0.4, 0.5) is 4.39 Å². The van der Waals surface area contributed by atoms with E-state index in [0.717, 1.165) is 0 Å². The second kappa shape index (κ2) is 4.72. The number of halogens is 2. The molecule has 0 aliphatic rings. The summed E-state index contributed by atoms with van der Waals surface area (Å²) in [7, 11) is 0. The summed E-state index contributed by atoms with van der Waals surface area (Å²) in [5.74, 6) is -0.885. The number of rotatable bonds is 2. The van der Waals surface area contributed by atoms with Crippen LogP contribution in [-0.4, -0.2) is 21.0 Å². The number of aromatic nitrogens is 2. The number of H-pyrrole nitrogens is 1. The standard InChI is InChI=1S/C14H8BrFN2O2/c15-9-5-11-12(6-10(9)16)18-13(17-11)7-2-1-3-8(4-7)14(19)20/h1-6H,(H,17,18)(H,19,20). The Morgan fingerprint density at radius 2 is 2.10 bits per heavy atom. The van der Waals surface area contributed by atoms with Crippen molar-refractivity contribution in [1.82, 2.24) is 9.97 Å². The molecule has 0 saturated heterocycles. The Labute approximate surface area is 121 Å². The second-order valence-corrected chi connectivity index (χ2v) is 5.11. The van der Waals surface area contributed by atoms with E-state index in [0.29, 0.717) is 26.9 Å². The molecule has 0 atom stereocenters. The summed E-state index contributed by atoms with van der Waals surface area (Å²) in [5, 5.41) is 8.98. The van der Waals surface area contributed by atoms with E-state index in [-0.39, 0.29) is 11.4 Å². The monoisotopic (exact) mass is 334 g/mol. The van der Waals surface area contributed by atoms with Crippen LogP contribution >= 0.6 is 15.9 Å². The lowest BCUT2D eigenvalue weighted by Gasteiger charge is -1.98. The first-order valence-corrected chi connectivity index (χ1v) is 6.52. The van der Waals surface area contributed by atoms with Crippen molar-refractivity contribution in [3.63, 3.8) is 0 Å². The predicted molar refractivity (Wildman–Crippen MR) is 76.1 cm³/mol. The Morgan fingerprint density at radius 1 is 1.30 bits per heavy atom. The number of hydrogen-bond donors (Lipinski definition) is 2. The number of aromatic carboxylic acids is 1. The normalized spacial score (nSPS) is 10.9. The number of carboxylic acid groups (broad SMARTS) is 1. The molecule has 100 valence electrons. The molecule has 0 aliphatic carbocycles. The molecule has 0 amide bonds. The largest absolute Gasteiger partial charge is 0.478 e. The number of benzene rings is 2. The smallest absolute Gasteiger partial charge is 0.335 e. The average Bonchev–Trinajstić information content (AvgIpc) is 2.82. The molecule has 2 N–H and O–H groups in total. The molecule has 6 heteroatoms. The summed E-state index contributed by atoms with van der Waals surface area (Å²) in [6.45, 7) is 0. The maximum Gasteiger partial charge on any atom is 0.335 e. The highest BCUT2D eigenvalue weighted by Gasteiger charge is 2.10. The molecule has 4 nitrogen and oxygen atoms in total. The van der Waals surface area contributed by atoms with Crippen LogP contribution in [0.25, 0.3) is 22.4 Å². The van der Waals surface area contributed by atoms with Crippen molar-refractivity contribution in [1.29, 1.82) is 0 Å². The van der Waals surface area contributed by atoms with Crippen LogP contribution < -0.4 is 0 Å². The molecular weight excluding hydrogens is 327 g/mol. The number of fused-ring (bicyclic) bond motifs is 1. The Kier molecular flexibility index (Phi) is 3.02. The van der Waals surface area contributed by atoms with E-state index in [1.807, 2.05) is 0 Å². The molecule has 0 fully saturated rings. The van der Waals surface area contributed by atoms with Gasteiger partial charge in [-0.1, -0.05) is 12.1 Å². The summed E-state index contributed by atoms with van der Waals surface area (Å²) in [4.78, 5) is 18.3. The van der Waals surface area contributed by atoms with Gasteiger partial charge < -0.3 is 10.1 Å². The van der Waals surface area contributed by atoms with Gasteiger partial charge in [0.2, 0.25) is 0 Å². The molecule has 0 spiro atoms. The SMILES string of the molecule is O=C(O)c1cccc(-c2nc3cc(Br)c(F)cc3[nH]2)c1. The highest BCUT2D eigenvalue weighted by atomic mass is 79.9. The van der Waals surface area contributed by atoms with E-state index < -0.39 is 5.97 Å². The number of aromatic amines is 1. The fourth-order valence-electron chi connectivity index (χ4n) is 1.94. The van der Waals surface area contributed by atoms with Crippen LogP contribution in [0.5, 0.6) is 0 Å². The Hall–Kier alpha value is -2.21. The van der Waals surface area contributed by atoms with Gasteiger partial charge >= 0.3 is 5.97 Å². The fourth-order valence-corrected chi connectivity index (χ4v) is 2.27. The summed E-state index contributed by atoms with van der Waals surface area (Å²) >= 11 is 3.11. The van der Waals surface area contributed by atoms with Gasteiger partial charge in [-0.2, -0.15) is 0 Å². The Morgan fingerprint density at radius 3 is 2.85 bits per heavy atom. The first kappa shape index (κ1) is 12.8. The highest BCUT2D eigenvalue weighted by Crippen LogP contribution is 2.25. The average molecular weight is 335 g/mol. The predicted octanol–water partition coefficient (Wildman–Crippen LogP) is 3.83. The molecule has 0 unspecified atom stereocenters. The molecule has 3 aromatic rings. The van der Waals surface area contributed by atoms with Crippen LogP contribution in [-0.2, 0) is 0 Å². The number of carboxylic acids is 1. The van der Waals surface area contributed by atoms with Gasteiger partial charge in [0, 0.05) is 11.6 Å². The molecule has 0 radical (unpaired) electrons. The van der Waals surface area contributed by atoms with E-state index in [9.17, 15) is 9.18 Å². The van der Waals surface area contributed by atoms with Crippen molar-refractivity contribution < 1.29 is 14.3 Å². The van der Waals surface area contributed by atoms with E-state index in [1.54, 1.807) is 18.2 Å². The number of nitrogens with zero attached hydrogens (tertiary/aromatic N) is 1. The third kappa shape index (κ3) is 2.18. The zero-order chi connectivity index (χ0) is 14.3. The van der Waals surface area contributed by atoms with Gasteiger partial charge in [0.05, 0.1) is 21.1 Å². The maximum atomic E-state index is 13.5. The first-order chi connectivity index (χ1) is 9.54. The van der Waals surface area contributed by atoms with Gasteiger partial charge in [0.15, 0.2) is 0 Å². The van der Waals surface area contributed by atoms with Crippen molar-refractivity contribution in [3.8, 4) is 11.4 Å². The van der Waals surface area contributed by atoms with Crippen molar-refractivity contribution in [2.45, 2.75) is 0 Å². The van der Waals surface area contributed by atoms with E-state index in [1.165, 1.54) is 18.2 Å². The minimum Gasteiger partial charge on any atom is -0.478 e. The molecule has 2 aromatic carbocycles. The van der Waals surface area contributed by atoms with Crippen LogP contribution in [0.3, 0.4) is 0 Å². The summed E-state index contributed by atoms with van der Waals surface area (Å²) in [6, 6.07) is 9.33. The molecule has 0 aliphatic heterocycles. The Bertz CT molecular complexity index is 790. The minimum absolute atomic E-state index is 0.176. The van der Waals surface area contributed by atoms with Gasteiger partial charge in [0.1, 0.15) is 11.6 Å². The molecule has 3 rings (SSSR count). The third-order valence-electron chi connectivity index (χ3n) is 2.91. The molecule has 20 heavy (non-hydrogen) atoms. The zero-order valence-corrected chi connectivity index (χ0v) is 11.6.